The number of rotatable bonds is 3. The van der Waals surface area contributed by atoms with E-state index in [0.29, 0.717) is 6.04 Å². The van der Waals surface area contributed by atoms with Gasteiger partial charge in [0.15, 0.2) is 0 Å². The lowest BCUT2D eigenvalue weighted by atomic mass is 10.1. The summed E-state index contributed by atoms with van der Waals surface area (Å²) in [5.74, 6) is 0.827. The second kappa shape index (κ2) is 3.91. The molecule has 0 radical (unpaired) electrons. The predicted molar refractivity (Wildman–Crippen MR) is 42.8 cm³/mol. The molecule has 1 aliphatic rings. The van der Waals surface area contributed by atoms with Crippen molar-refractivity contribution in [2.24, 2.45) is 11.7 Å². The molecule has 0 aromatic rings. The normalized spacial score (nSPS) is 20.1. The summed E-state index contributed by atoms with van der Waals surface area (Å²) in [5, 5.41) is 0. The first-order valence-corrected chi connectivity index (χ1v) is 3.21. The van der Waals surface area contributed by atoms with Crippen molar-refractivity contribution < 1.29 is 0 Å². The number of hydrogen-bond donors (Lipinski definition) is 1. The monoisotopic (exact) mass is 147 g/mol. The fourth-order valence-electron chi connectivity index (χ4n) is 0.909. The van der Waals surface area contributed by atoms with E-state index >= 15 is 0 Å². The zero-order valence-electron chi connectivity index (χ0n) is 5.55. The van der Waals surface area contributed by atoms with E-state index in [2.05, 4.69) is 6.58 Å². The number of hydrogen-bond acceptors (Lipinski definition) is 1. The van der Waals surface area contributed by atoms with Gasteiger partial charge in [-0.05, 0) is 25.2 Å². The van der Waals surface area contributed by atoms with Gasteiger partial charge in [-0.1, -0.05) is 6.08 Å². The highest BCUT2D eigenvalue weighted by molar-refractivity contribution is 5.85. The molecule has 0 saturated heterocycles. The van der Waals surface area contributed by atoms with E-state index in [0.717, 1.165) is 12.3 Å². The molecule has 0 aromatic heterocycles. The van der Waals surface area contributed by atoms with Crippen LogP contribution < -0.4 is 5.73 Å². The van der Waals surface area contributed by atoms with Gasteiger partial charge in [0.25, 0.3) is 0 Å². The fourth-order valence-corrected chi connectivity index (χ4v) is 0.909. The third-order valence-corrected chi connectivity index (χ3v) is 1.67. The van der Waals surface area contributed by atoms with E-state index in [1.165, 1.54) is 12.8 Å². The van der Waals surface area contributed by atoms with E-state index in [1.807, 2.05) is 6.08 Å². The maximum atomic E-state index is 5.72. The van der Waals surface area contributed by atoms with Gasteiger partial charge in [0.05, 0.1) is 0 Å². The van der Waals surface area contributed by atoms with Crippen molar-refractivity contribution in [2.75, 3.05) is 0 Å². The van der Waals surface area contributed by atoms with E-state index in [1.54, 1.807) is 0 Å². The van der Waals surface area contributed by atoms with Crippen LogP contribution in [0.2, 0.25) is 0 Å². The van der Waals surface area contributed by atoms with Gasteiger partial charge in [0.1, 0.15) is 0 Å². The molecule has 1 nitrogen and oxygen atoms in total. The Kier molecular flexibility index (Phi) is 3.91. The maximum Gasteiger partial charge on any atom is 0.0102 e. The van der Waals surface area contributed by atoms with E-state index in [9.17, 15) is 0 Å². The highest BCUT2D eigenvalue weighted by Crippen LogP contribution is 2.32. The molecule has 1 unspecified atom stereocenters. The van der Waals surface area contributed by atoms with E-state index in [4.69, 9.17) is 5.73 Å². The lowest BCUT2D eigenvalue weighted by Gasteiger charge is -2.03. The second-order valence-electron chi connectivity index (χ2n) is 2.53. The molecule has 0 bridgehead atoms. The Labute approximate surface area is 62.7 Å². The third kappa shape index (κ3) is 2.87. The van der Waals surface area contributed by atoms with E-state index in [-0.39, 0.29) is 12.4 Å². The van der Waals surface area contributed by atoms with Crippen molar-refractivity contribution >= 4 is 12.4 Å². The molecule has 0 spiro atoms. The molecule has 9 heavy (non-hydrogen) atoms. The Morgan fingerprint density at radius 3 is 2.56 bits per heavy atom. The topological polar surface area (TPSA) is 26.0 Å². The highest BCUT2D eigenvalue weighted by atomic mass is 35.5. The van der Waals surface area contributed by atoms with Crippen LogP contribution in [0.1, 0.15) is 19.3 Å². The SMILES string of the molecule is C=CCC(N)C1CC1.Cl. The van der Waals surface area contributed by atoms with Crippen LogP contribution in [-0.4, -0.2) is 6.04 Å². The quantitative estimate of drug-likeness (QED) is 0.605. The minimum atomic E-state index is 0. The molecule has 1 atom stereocenters. The van der Waals surface area contributed by atoms with Gasteiger partial charge in [-0.25, -0.2) is 0 Å². The van der Waals surface area contributed by atoms with Gasteiger partial charge >= 0.3 is 0 Å². The van der Waals surface area contributed by atoms with Gasteiger partial charge in [0.2, 0.25) is 0 Å². The minimum Gasteiger partial charge on any atom is -0.327 e. The third-order valence-electron chi connectivity index (χ3n) is 1.67. The molecule has 2 N–H and O–H groups in total. The molecule has 0 amide bonds. The molecular weight excluding hydrogens is 134 g/mol. The summed E-state index contributed by atoms with van der Waals surface area (Å²) < 4.78 is 0. The van der Waals surface area contributed by atoms with E-state index < -0.39 is 0 Å². The summed E-state index contributed by atoms with van der Waals surface area (Å²) in [7, 11) is 0. The molecule has 54 valence electrons. The first kappa shape index (κ1) is 8.99. The molecule has 0 heterocycles. The Morgan fingerprint density at radius 1 is 1.67 bits per heavy atom. The van der Waals surface area contributed by atoms with Crippen molar-refractivity contribution in [1.29, 1.82) is 0 Å². The van der Waals surface area contributed by atoms with Crippen LogP contribution in [0.5, 0.6) is 0 Å². The predicted octanol–water partition coefficient (Wildman–Crippen LogP) is 1.72. The summed E-state index contributed by atoms with van der Waals surface area (Å²) in [4.78, 5) is 0. The van der Waals surface area contributed by atoms with Gasteiger partial charge in [-0.2, -0.15) is 0 Å². The summed E-state index contributed by atoms with van der Waals surface area (Å²) in [6, 6.07) is 0.410. The molecule has 1 fully saturated rings. The second-order valence-corrected chi connectivity index (χ2v) is 2.53. The molecule has 1 saturated carbocycles. The van der Waals surface area contributed by atoms with Crippen molar-refractivity contribution in [3.8, 4) is 0 Å². The first-order chi connectivity index (χ1) is 3.84. The standard InChI is InChI=1S/C7H13N.ClH/c1-2-3-7(8)6-4-5-6;/h2,6-7H,1,3-5,8H2;1H. The van der Waals surface area contributed by atoms with Crippen LogP contribution in [-0.2, 0) is 0 Å². The molecule has 0 aliphatic heterocycles. The highest BCUT2D eigenvalue weighted by Gasteiger charge is 2.26. The summed E-state index contributed by atoms with van der Waals surface area (Å²) >= 11 is 0. The largest absolute Gasteiger partial charge is 0.327 e. The van der Waals surface area contributed by atoms with Gasteiger partial charge in [0, 0.05) is 6.04 Å². The smallest absolute Gasteiger partial charge is 0.0102 e. The first-order valence-electron chi connectivity index (χ1n) is 3.21. The Hall–Kier alpha value is -0.0100. The zero-order chi connectivity index (χ0) is 5.98. The van der Waals surface area contributed by atoms with Crippen LogP contribution >= 0.6 is 12.4 Å². The average molecular weight is 148 g/mol. The lowest BCUT2D eigenvalue weighted by Crippen LogP contribution is -2.20. The lowest BCUT2D eigenvalue weighted by molar-refractivity contribution is 0.603. The summed E-state index contributed by atoms with van der Waals surface area (Å²) in [6.07, 6.45) is 5.58. The maximum absolute atomic E-state index is 5.72. The summed E-state index contributed by atoms with van der Waals surface area (Å²) in [5.41, 5.74) is 5.72. The Balaban J connectivity index is 0.000000640. The molecule has 2 heteroatoms. The fraction of sp³-hybridized carbons (Fsp3) is 0.714. The number of nitrogens with two attached hydrogens (primary N) is 1. The van der Waals surface area contributed by atoms with Crippen molar-refractivity contribution in [3.63, 3.8) is 0 Å². The van der Waals surface area contributed by atoms with Crippen LogP contribution in [0.15, 0.2) is 12.7 Å². The van der Waals surface area contributed by atoms with Crippen LogP contribution in [0.3, 0.4) is 0 Å². The van der Waals surface area contributed by atoms with Crippen molar-refractivity contribution in [2.45, 2.75) is 25.3 Å². The average Bonchev–Trinajstić information content (AvgIpc) is 2.45. The van der Waals surface area contributed by atoms with Gasteiger partial charge in [-0.3, -0.25) is 0 Å². The minimum absolute atomic E-state index is 0. The summed E-state index contributed by atoms with van der Waals surface area (Å²) in [6.45, 7) is 3.63. The Bertz CT molecular complexity index is 88.9. The molecule has 1 aliphatic carbocycles. The molecule has 0 aromatic carbocycles. The molecular formula is C7H14ClN. The van der Waals surface area contributed by atoms with Crippen LogP contribution in [0.4, 0.5) is 0 Å². The van der Waals surface area contributed by atoms with Gasteiger partial charge < -0.3 is 5.73 Å². The zero-order valence-corrected chi connectivity index (χ0v) is 6.36. The van der Waals surface area contributed by atoms with Crippen molar-refractivity contribution in [1.82, 2.24) is 0 Å². The van der Waals surface area contributed by atoms with Gasteiger partial charge in [-0.15, -0.1) is 19.0 Å². The van der Waals surface area contributed by atoms with Crippen molar-refractivity contribution in [3.05, 3.63) is 12.7 Å². The van der Waals surface area contributed by atoms with Crippen LogP contribution in [0, 0.1) is 5.92 Å². The number of halogens is 1. The Morgan fingerprint density at radius 2 is 2.22 bits per heavy atom. The molecule has 1 rings (SSSR count). The van der Waals surface area contributed by atoms with Crippen LogP contribution in [0.25, 0.3) is 0 Å².